The Morgan fingerprint density at radius 2 is 2.14 bits per heavy atom. The lowest BCUT2D eigenvalue weighted by molar-refractivity contribution is 0.602. The zero-order chi connectivity index (χ0) is 15.6. The molecule has 2 heterocycles. The van der Waals surface area contributed by atoms with Crippen LogP contribution in [0.4, 0.5) is 17.5 Å². The Morgan fingerprint density at radius 1 is 1.27 bits per heavy atom. The van der Waals surface area contributed by atoms with Crippen molar-refractivity contribution in [2.45, 2.75) is 12.5 Å². The highest BCUT2D eigenvalue weighted by Gasteiger charge is 2.27. The molecule has 1 aliphatic rings. The van der Waals surface area contributed by atoms with Crippen LogP contribution in [0.3, 0.4) is 0 Å². The number of anilines is 3. The second-order valence-corrected chi connectivity index (χ2v) is 8.29. The molecule has 1 aliphatic heterocycles. The molecular formula is C14H15BrN4O2S. The average Bonchev–Trinajstić information content (AvgIpc) is 2.78. The number of halogens is 1. The molecule has 1 fully saturated rings. The minimum absolute atomic E-state index is 0.0846. The lowest BCUT2D eigenvalue weighted by Gasteiger charge is -2.12. The molecule has 3 rings (SSSR count). The number of hydrogen-bond acceptors (Lipinski definition) is 6. The summed E-state index contributed by atoms with van der Waals surface area (Å²) in [6, 6.07) is 9.34. The van der Waals surface area contributed by atoms with Gasteiger partial charge in [0.1, 0.15) is 5.82 Å². The molecule has 0 bridgehead atoms. The summed E-state index contributed by atoms with van der Waals surface area (Å²) >= 11 is 3.41. The number of benzene rings is 1. The molecule has 0 radical (unpaired) electrons. The van der Waals surface area contributed by atoms with E-state index in [9.17, 15) is 8.42 Å². The smallest absolute Gasteiger partial charge is 0.229 e. The normalized spacial score (nSPS) is 19.8. The maximum Gasteiger partial charge on any atom is 0.229 e. The van der Waals surface area contributed by atoms with Crippen LogP contribution in [-0.2, 0) is 9.84 Å². The first-order valence-corrected chi connectivity index (χ1v) is 9.44. The van der Waals surface area contributed by atoms with E-state index < -0.39 is 9.84 Å². The molecule has 2 aromatic rings. The van der Waals surface area contributed by atoms with Gasteiger partial charge in [-0.2, -0.15) is 4.98 Å². The van der Waals surface area contributed by atoms with Gasteiger partial charge in [-0.3, -0.25) is 0 Å². The highest BCUT2D eigenvalue weighted by Crippen LogP contribution is 2.20. The Kier molecular flexibility index (Phi) is 4.30. The van der Waals surface area contributed by atoms with Crippen molar-refractivity contribution in [3.8, 4) is 0 Å². The average molecular weight is 383 g/mol. The van der Waals surface area contributed by atoms with Gasteiger partial charge >= 0.3 is 0 Å². The molecule has 8 heteroatoms. The van der Waals surface area contributed by atoms with E-state index in [0.29, 0.717) is 18.2 Å². The number of nitrogens with one attached hydrogen (secondary N) is 2. The van der Waals surface area contributed by atoms with E-state index in [-0.39, 0.29) is 17.5 Å². The number of hydrogen-bond donors (Lipinski definition) is 2. The van der Waals surface area contributed by atoms with Crippen LogP contribution in [0.5, 0.6) is 0 Å². The first-order valence-electron chi connectivity index (χ1n) is 6.83. The molecule has 1 atom stereocenters. The highest BCUT2D eigenvalue weighted by molar-refractivity contribution is 9.10. The van der Waals surface area contributed by atoms with E-state index in [4.69, 9.17) is 0 Å². The Bertz CT molecular complexity index is 782. The van der Waals surface area contributed by atoms with E-state index in [1.54, 1.807) is 12.3 Å². The molecule has 0 amide bonds. The van der Waals surface area contributed by atoms with Crippen LogP contribution in [-0.4, -0.2) is 35.9 Å². The Balaban J connectivity index is 1.70. The van der Waals surface area contributed by atoms with Gasteiger partial charge in [-0.1, -0.05) is 22.0 Å². The third-order valence-corrected chi connectivity index (χ3v) is 5.58. The van der Waals surface area contributed by atoms with Crippen molar-refractivity contribution in [2.24, 2.45) is 0 Å². The standard InChI is InChI=1S/C14H15BrN4O2S/c15-10-2-1-3-11(8-10)18-14-16-6-4-13(19-14)17-12-5-7-22(20,21)9-12/h1-4,6,8,12H,5,7,9H2,(H2,16,17,18,19). The first-order chi connectivity index (χ1) is 10.5. The third-order valence-electron chi connectivity index (χ3n) is 3.32. The predicted molar refractivity (Wildman–Crippen MR) is 90.1 cm³/mol. The van der Waals surface area contributed by atoms with Gasteiger partial charge in [0.05, 0.1) is 11.5 Å². The van der Waals surface area contributed by atoms with Gasteiger partial charge in [0, 0.05) is 22.4 Å². The fourth-order valence-corrected chi connectivity index (χ4v) is 4.39. The topological polar surface area (TPSA) is 84.0 Å². The highest BCUT2D eigenvalue weighted by atomic mass is 79.9. The third kappa shape index (κ3) is 3.95. The number of aromatic nitrogens is 2. The van der Waals surface area contributed by atoms with Crippen molar-refractivity contribution in [3.05, 3.63) is 41.0 Å². The van der Waals surface area contributed by atoms with Crippen LogP contribution < -0.4 is 10.6 Å². The predicted octanol–water partition coefficient (Wildman–Crippen LogP) is 2.58. The van der Waals surface area contributed by atoms with E-state index >= 15 is 0 Å². The van der Waals surface area contributed by atoms with Crippen LogP contribution in [0.1, 0.15) is 6.42 Å². The molecule has 0 spiro atoms. The molecule has 1 aromatic carbocycles. The zero-order valence-corrected chi connectivity index (χ0v) is 14.1. The van der Waals surface area contributed by atoms with Gasteiger partial charge in [0.2, 0.25) is 5.95 Å². The number of rotatable bonds is 4. The van der Waals surface area contributed by atoms with E-state index in [2.05, 4.69) is 36.5 Å². The summed E-state index contributed by atoms with van der Waals surface area (Å²) in [6.45, 7) is 0. The lowest BCUT2D eigenvalue weighted by Crippen LogP contribution is -2.21. The molecular weight excluding hydrogens is 368 g/mol. The van der Waals surface area contributed by atoms with Crippen molar-refractivity contribution in [2.75, 3.05) is 22.1 Å². The largest absolute Gasteiger partial charge is 0.366 e. The molecule has 1 aromatic heterocycles. The van der Waals surface area contributed by atoms with Crippen molar-refractivity contribution in [1.82, 2.24) is 9.97 Å². The zero-order valence-electron chi connectivity index (χ0n) is 11.7. The van der Waals surface area contributed by atoms with Crippen LogP contribution in [0.2, 0.25) is 0 Å². The van der Waals surface area contributed by atoms with E-state index in [1.165, 1.54) is 0 Å². The van der Waals surface area contributed by atoms with E-state index in [1.807, 2.05) is 24.3 Å². The quantitative estimate of drug-likeness (QED) is 0.845. The maximum atomic E-state index is 11.5. The minimum atomic E-state index is -2.91. The lowest BCUT2D eigenvalue weighted by atomic mass is 10.2. The molecule has 1 unspecified atom stereocenters. The van der Waals surface area contributed by atoms with Gasteiger partial charge in [0.25, 0.3) is 0 Å². The van der Waals surface area contributed by atoms with Gasteiger partial charge in [-0.15, -0.1) is 0 Å². The molecule has 0 aliphatic carbocycles. The maximum absolute atomic E-state index is 11.5. The van der Waals surface area contributed by atoms with Crippen LogP contribution in [0.25, 0.3) is 0 Å². The fourth-order valence-electron chi connectivity index (χ4n) is 2.31. The molecule has 2 N–H and O–H groups in total. The van der Waals surface area contributed by atoms with Crippen molar-refractivity contribution in [1.29, 1.82) is 0 Å². The molecule has 22 heavy (non-hydrogen) atoms. The van der Waals surface area contributed by atoms with Gasteiger partial charge in [-0.05, 0) is 30.7 Å². The summed E-state index contributed by atoms with van der Waals surface area (Å²) in [5, 5.41) is 6.27. The van der Waals surface area contributed by atoms with Crippen LogP contribution in [0, 0.1) is 0 Å². The fraction of sp³-hybridized carbons (Fsp3) is 0.286. The van der Waals surface area contributed by atoms with Crippen molar-refractivity contribution in [3.63, 3.8) is 0 Å². The summed E-state index contributed by atoms with van der Waals surface area (Å²) in [5.41, 5.74) is 0.870. The van der Waals surface area contributed by atoms with Crippen LogP contribution in [0.15, 0.2) is 41.0 Å². The van der Waals surface area contributed by atoms with Gasteiger partial charge < -0.3 is 10.6 Å². The monoisotopic (exact) mass is 382 g/mol. The second-order valence-electron chi connectivity index (χ2n) is 5.15. The van der Waals surface area contributed by atoms with Crippen LogP contribution >= 0.6 is 15.9 Å². The Labute approximate surface area is 137 Å². The summed E-state index contributed by atoms with van der Waals surface area (Å²) in [6.07, 6.45) is 2.25. The molecule has 6 nitrogen and oxygen atoms in total. The molecule has 1 saturated heterocycles. The minimum Gasteiger partial charge on any atom is -0.366 e. The molecule has 0 saturated carbocycles. The summed E-state index contributed by atoms with van der Waals surface area (Å²) in [7, 11) is -2.91. The summed E-state index contributed by atoms with van der Waals surface area (Å²) in [4.78, 5) is 8.54. The first kappa shape index (κ1) is 15.2. The number of sulfone groups is 1. The van der Waals surface area contributed by atoms with E-state index in [0.717, 1.165) is 10.2 Å². The summed E-state index contributed by atoms with van der Waals surface area (Å²) in [5.74, 6) is 1.48. The number of nitrogens with zero attached hydrogens (tertiary/aromatic N) is 2. The summed E-state index contributed by atoms with van der Waals surface area (Å²) < 4.78 is 23.9. The SMILES string of the molecule is O=S1(=O)CCC(Nc2ccnc(Nc3cccc(Br)c3)n2)C1. The Hall–Kier alpha value is -1.67. The Morgan fingerprint density at radius 3 is 2.86 bits per heavy atom. The van der Waals surface area contributed by atoms with Gasteiger partial charge in [-0.25, -0.2) is 13.4 Å². The van der Waals surface area contributed by atoms with Gasteiger partial charge in [0.15, 0.2) is 9.84 Å². The second kappa shape index (κ2) is 6.21. The molecule has 116 valence electrons. The van der Waals surface area contributed by atoms with Crippen molar-refractivity contribution < 1.29 is 8.42 Å². The van der Waals surface area contributed by atoms with Crippen molar-refractivity contribution >= 4 is 43.2 Å².